The van der Waals surface area contributed by atoms with E-state index in [1.165, 1.54) is 17.4 Å². The maximum Gasteiger partial charge on any atom is 0.239 e. The topological polar surface area (TPSA) is 81.2 Å². The van der Waals surface area contributed by atoms with E-state index in [4.69, 9.17) is 17.3 Å². The third-order valence-electron chi connectivity index (χ3n) is 8.05. The first-order chi connectivity index (χ1) is 16.5. The summed E-state index contributed by atoms with van der Waals surface area (Å²) >= 11 is 6.24. The average Bonchev–Trinajstić information content (AvgIpc) is 3.45. The number of aromatic nitrogens is 2. The number of likely N-dealkylation sites (tertiary alicyclic amines) is 2. The quantitative estimate of drug-likeness (QED) is 0.399. The summed E-state index contributed by atoms with van der Waals surface area (Å²) in [6, 6.07) is 13.7. The van der Waals surface area contributed by atoms with Crippen molar-refractivity contribution in [2.45, 2.75) is 43.8 Å². The van der Waals surface area contributed by atoms with Crippen LogP contribution in [-0.2, 0) is 17.8 Å². The molecule has 4 N–H and O–H groups in total. The number of nitrogens with one attached hydrogen (secondary N) is 2. The molecule has 0 aliphatic carbocycles. The first-order valence-corrected chi connectivity index (χ1v) is 12.5. The summed E-state index contributed by atoms with van der Waals surface area (Å²) in [4.78, 5) is 24.4. The minimum atomic E-state index is -0.512. The normalized spacial score (nSPS) is 19.1. The second kappa shape index (κ2) is 8.45. The van der Waals surface area contributed by atoms with Crippen LogP contribution in [0.2, 0.25) is 5.02 Å². The monoisotopic (exact) mass is 475 g/mol. The summed E-state index contributed by atoms with van der Waals surface area (Å²) in [6.45, 7) is 3.56. The minimum absolute atomic E-state index is 0.0669. The zero-order valence-corrected chi connectivity index (χ0v) is 19.9. The first-order valence-electron chi connectivity index (χ1n) is 12.1. The number of hydrogen-bond donors (Lipinski definition) is 3. The highest BCUT2D eigenvalue weighted by molar-refractivity contribution is 6.31. The van der Waals surface area contributed by atoms with Crippen molar-refractivity contribution >= 4 is 39.3 Å². The SMILES string of the molecule is N[C@@H](Cc1c[nH]c2ccccc12)C(=O)N1CCC2(CC1)CCN2Cc1c[nH]c2ccc(Cl)cc12. The number of rotatable bonds is 5. The van der Waals surface area contributed by atoms with Gasteiger partial charge < -0.3 is 20.6 Å². The highest BCUT2D eigenvalue weighted by atomic mass is 35.5. The lowest BCUT2D eigenvalue weighted by Gasteiger charge is -2.56. The summed E-state index contributed by atoms with van der Waals surface area (Å²) in [5.74, 6) is 0.0669. The Morgan fingerprint density at radius 2 is 1.68 bits per heavy atom. The lowest BCUT2D eigenvalue weighted by molar-refractivity contribution is -0.138. The standard InChI is InChI=1S/C27H30ClN5O/c28-20-5-6-25-22(14-20)19(16-31-25)17-33-12-9-27(33)7-10-32(11-8-27)26(34)23(29)13-18-15-30-24-4-2-1-3-21(18)24/h1-6,14-16,23,30-31H,7-13,17,29H2/t23-/m0/s1. The van der Waals surface area contributed by atoms with Gasteiger partial charge in [0.2, 0.25) is 5.91 Å². The maximum absolute atomic E-state index is 13.2. The van der Waals surface area contributed by atoms with Crippen LogP contribution in [0.1, 0.15) is 30.4 Å². The highest BCUT2D eigenvalue weighted by Crippen LogP contribution is 2.41. The molecule has 6 rings (SSSR count). The summed E-state index contributed by atoms with van der Waals surface area (Å²) in [5.41, 5.74) is 11.2. The first kappa shape index (κ1) is 21.7. The largest absolute Gasteiger partial charge is 0.361 e. The van der Waals surface area contributed by atoms with Crippen LogP contribution in [0.15, 0.2) is 54.9 Å². The molecule has 34 heavy (non-hydrogen) atoms. The number of amides is 1. The average molecular weight is 476 g/mol. The van der Waals surface area contributed by atoms with Crippen molar-refractivity contribution in [3.63, 3.8) is 0 Å². The zero-order valence-electron chi connectivity index (χ0n) is 19.2. The van der Waals surface area contributed by atoms with Gasteiger partial charge in [-0.1, -0.05) is 29.8 Å². The van der Waals surface area contributed by atoms with Gasteiger partial charge in [-0.25, -0.2) is 0 Å². The Bertz CT molecular complexity index is 1350. The number of carbonyl (C=O) groups is 1. The lowest BCUT2D eigenvalue weighted by Crippen LogP contribution is -2.64. The van der Waals surface area contributed by atoms with Crippen LogP contribution in [0.4, 0.5) is 0 Å². The van der Waals surface area contributed by atoms with Gasteiger partial charge >= 0.3 is 0 Å². The van der Waals surface area contributed by atoms with Gasteiger partial charge in [-0.3, -0.25) is 9.69 Å². The summed E-state index contributed by atoms with van der Waals surface area (Å²) in [6.07, 6.45) is 7.84. The van der Waals surface area contributed by atoms with Crippen molar-refractivity contribution in [3.05, 3.63) is 71.0 Å². The van der Waals surface area contributed by atoms with Crippen LogP contribution in [0.5, 0.6) is 0 Å². The van der Waals surface area contributed by atoms with E-state index < -0.39 is 6.04 Å². The molecule has 2 aliphatic rings. The molecular formula is C27H30ClN5O. The van der Waals surface area contributed by atoms with Crippen LogP contribution in [-0.4, -0.2) is 56.9 Å². The number of para-hydroxylation sites is 1. The van der Waals surface area contributed by atoms with Gasteiger partial charge in [0.15, 0.2) is 0 Å². The van der Waals surface area contributed by atoms with E-state index in [2.05, 4.69) is 27.1 Å². The van der Waals surface area contributed by atoms with Crippen LogP contribution < -0.4 is 5.73 Å². The van der Waals surface area contributed by atoms with E-state index in [-0.39, 0.29) is 11.4 Å². The molecule has 0 radical (unpaired) electrons. The minimum Gasteiger partial charge on any atom is -0.361 e. The van der Waals surface area contributed by atoms with Crippen molar-refractivity contribution in [3.8, 4) is 0 Å². The Hall–Kier alpha value is -2.80. The number of H-pyrrole nitrogens is 2. The second-order valence-corrected chi connectivity index (χ2v) is 10.3. The number of fused-ring (bicyclic) bond motifs is 2. The zero-order chi connectivity index (χ0) is 23.3. The van der Waals surface area contributed by atoms with E-state index in [9.17, 15) is 4.79 Å². The molecular weight excluding hydrogens is 446 g/mol. The molecule has 0 unspecified atom stereocenters. The van der Waals surface area contributed by atoms with E-state index in [1.807, 2.05) is 47.5 Å². The summed E-state index contributed by atoms with van der Waals surface area (Å²) in [7, 11) is 0. The molecule has 0 saturated carbocycles. The molecule has 7 heteroatoms. The number of nitrogens with zero attached hydrogens (tertiary/aromatic N) is 2. The van der Waals surface area contributed by atoms with Gasteiger partial charge in [-0.2, -0.15) is 0 Å². The van der Waals surface area contributed by atoms with Crippen LogP contribution in [0.3, 0.4) is 0 Å². The Balaban J connectivity index is 1.09. The molecule has 2 fully saturated rings. The summed E-state index contributed by atoms with van der Waals surface area (Å²) in [5, 5.41) is 3.11. The molecule has 6 nitrogen and oxygen atoms in total. The molecule has 1 spiro atoms. The number of nitrogens with two attached hydrogens (primary N) is 1. The van der Waals surface area contributed by atoms with E-state index in [0.29, 0.717) is 6.42 Å². The molecule has 0 bridgehead atoms. The van der Waals surface area contributed by atoms with Crippen LogP contribution in [0.25, 0.3) is 21.8 Å². The molecule has 1 atom stereocenters. The van der Waals surface area contributed by atoms with Crippen molar-refractivity contribution in [1.82, 2.24) is 19.8 Å². The van der Waals surface area contributed by atoms with E-state index >= 15 is 0 Å². The summed E-state index contributed by atoms with van der Waals surface area (Å²) < 4.78 is 0. The van der Waals surface area contributed by atoms with Crippen molar-refractivity contribution < 1.29 is 4.79 Å². The second-order valence-electron chi connectivity index (χ2n) is 9.90. The lowest BCUT2D eigenvalue weighted by atomic mass is 9.76. The number of aromatic amines is 2. The van der Waals surface area contributed by atoms with Gasteiger partial charge in [-0.15, -0.1) is 0 Å². The fraction of sp³-hybridized carbons (Fsp3) is 0.370. The fourth-order valence-electron chi connectivity index (χ4n) is 5.89. The molecule has 2 aromatic heterocycles. The number of hydrogen-bond acceptors (Lipinski definition) is 3. The number of halogens is 1. The molecule has 2 aliphatic heterocycles. The Morgan fingerprint density at radius 3 is 2.44 bits per heavy atom. The molecule has 4 heterocycles. The van der Waals surface area contributed by atoms with Gasteiger partial charge in [-0.05, 0) is 61.1 Å². The molecule has 4 aromatic rings. The highest BCUT2D eigenvalue weighted by Gasteiger charge is 2.47. The van der Waals surface area contributed by atoms with Crippen LogP contribution >= 0.6 is 11.6 Å². The number of carbonyl (C=O) groups excluding carboxylic acids is 1. The predicted molar refractivity (Wildman–Crippen MR) is 137 cm³/mol. The van der Waals surface area contributed by atoms with E-state index in [1.54, 1.807) is 0 Å². The molecule has 1 amide bonds. The van der Waals surface area contributed by atoms with Crippen molar-refractivity contribution in [1.29, 1.82) is 0 Å². The van der Waals surface area contributed by atoms with Gasteiger partial charge in [0.25, 0.3) is 0 Å². The Labute approximate surface area is 204 Å². The molecule has 176 valence electrons. The number of piperidine rings is 1. The third-order valence-corrected chi connectivity index (χ3v) is 8.28. The van der Waals surface area contributed by atoms with Gasteiger partial charge in [0, 0.05) is 70.9 Å². The third kappa shape index (κ3) is 3.70. The number of benzene rings is 2. The Kier molecular flexibility index (Phi) is 5.40. The predicted octanol–water partition coefficient (Wildman–Crippen LogP) is 4.44. The molecule has 2 aromatic carbocycles. The maximum atomic E-state index is 13.2. The van der Waals surface area contributed by atoms with Crippen molar-refractivity contribution in [2.24, 2.45) is 5.73 Å². The Morgan fingerprint density at radius 1 is 0.971 bits per heavy atom. The van der Waals surface area contributed by atoms with Crippen molar-refractivity contribution in [2.75, 3.05) is 19.6 Å². The van der Waals surface area contributed by atoms with Gasteiger partial charge in [0.1, 0.15) is 0 Å². The fourth-order valence-corrected chi connectivity index (χ4v) is 6.06. The smallest absolute Gasteiger partial charge is 0.239 e. The van der Waals surface area contributed by atoms with Crippen LogP contribution in [0, 0.1) is 0 Å². The van der Waals surface area contributed by atoms with E-state index in [0.717, 1.165) is 66.0 Å². The molecule has 2 saturated heterocycles. The van der Waals surface area contributed by atoms with Gasteiger partial charge in [0.05, 0.1) is 6.04 Å².